The van der Waals surface area contributed by atoms with Gasteiger partial charge in [0.05, 0.1) is 12.4 Å². The van der Waals surface area contributed by atoms with Crippen LogP contribution < -0.4 is 5.32 Å². The largest absolute Gasteiger partial charge is 0.444 e. The van der Waals surface area contributed by atoms with Gasteiger partial charge in [0.2, 0.25) is 5.82 Å². The number of hydrogen-bond donors (Lipinski definition) is 2. The molecule has 4 heterocycles. The Morgan fingerprint density at radius 3 is 2.71 bits per heavy atom. The van der Waals surface area contributed by atoms with E-state index in [1.807, 2.05) is 19.9 Å². The lowest BCUT2D eigenvalue weighted by Gasteiger charge is -2.24. The van der Waals surface area contributed by atoms with Gasteiger partial charge in [-0.3, -0.25) is 9.88 Å². The predicted octanol–water partition coefficient (Wildman–Crippen LogP) is 2.39. The van der Waals surface area contributed by atoms with E-state index in [0.29, 0.717) is 11.4 Å². The first-order valence-electron chi connectivity index (χ1n) is 9.78. The molecule has 31 heavy (non-hydrogen) atoms. The topological polar surface area (TPSA) is 133 Å². The number of thiol groups is 1. The molecule has 2 aromatic heterocycles. The third-order valence-corrected chi connectivity index (χ3v) is 5.08. The van der Waals surface area contributed by atoms with Crippen molar-refractivity contribution in [3.05, 3.63) is 12.2 Å². The minimum absolute atomic E-state index is 0.0683. The van der Waals surface area contributed by atoms with E-state index in [4.69, 9.17) is 18.9 Å². The molecule has 1 N–H and O–H groups in total. The Morgan fingerprint density at radius 1 is 1.35 bits per heavy atom. The number of carbonyl (C=O) groups is 1. The van der Waals surface area contributed by atoms with Crippen molar-refractivity contribution in [1.82, 2.24) is 19.5 Å². The molecule has 2 aliphatic rings. The van der Waals surface area contributed by atoms with Crippen LogP contribution in [0.4, 0.5) is 10.6 Å². The zero-order valence-corrected chi connectivity index (χ0v) is 18.7. The fourth-order valence-electron chi connectivity index (χ4n) is 3.67. The number of fused-ring (bicyclic) bond motifs is 2. The second-order valence-corrected chi connectivity index (χ2v) is 9.14. The molecule has 166 valence electrons. The molecule has 0 unspecified atom stereocenters. The maximum Gasteiger partial charge on any atom is 0.413 e. The number of carbonyl (C=O) groups excluding carboxylic acids is 1. The van der Waals surface area contributed by atoms with Crippen molar-refractivity contribution in [2.75, 3.05) is 11.1 Å². The zero-order valence-electron chi connectivity index (χ0n) is 17.8. The normalized spacial score (nSPS) is 27.1. The minimum atomic E-state index is -0.773. The molecule has 11 nitrogen and oxygen atoms in total. The Labute approximate surface area is 184 Å². The summed E-state index contributed by atoms with van der Waals surface area (Å²) in [6.07, 6.45) is -0.844. The minimum Gasteiger partial charge on any atom is -0.444 e. The summed E-state index contributed by atoms with van der Waals surface area (Å²) in [5, 5.41) is 12.0. The van der Waals surface area contributed by atoms with Crippen LogP contribution in [-0.4, -0.2) is 61.1 Å². The van der Waals surface area contributed by atoms with Crippen molar-refractivity contribution < 1.29 is 23.7 Å². The molecule has 4 atom stereocenters. The Morgan fingerprint density at radius 2 is 2.06 bits per heavy atom. The summed E-state index contributed by atoms with van der Waals surface area (Å²) in [7, 11) is 0. The fraction of sp³-hybridized carbons (Fsp3) is 0.632. The molecule has 0 spiro atoms. The molecule has 2 aromatic rings. The van der Waals surface area contributed by atoms with E-state index in [9.17, 15) is 10.1 Å². The van der Waals surface area contributed by atoms with Crippen LogP contribution in [0.15, 0.2) is 6.33 Å². The van der Waals surface area contributed by atoms with E-state index in [-0.39, 0.29) is 29.4 Å². The van der Waals surface area contributed by atoms with Gasteiger partial charge in [-0.1, -0.05) is 0 Å². The molecule has 12 heteroatoms. The zero-order chi connectivity index (χ0) is 22.6. The first kappa shape index (κ1) is 21.8. The molecule has 4 rings (SSSR count). The number of hydrogen-bond acceptors (Lipinski definition) is 10. The lowest BCUT2D eigenvalue weighted by molar-refractivity contribution is -0.193. The summed E-state index contributed by atoms with van der Waals surface area (Å²) >= 11 is 4.37. The van der Waals surface area contributed by atoms with E-state index in [2.05, 4.69) is 32.9 Å². The summed E-state index contributed by atoms with van der Waals surface area (Å²) in [5.41, 5.74) is -0.0959. The van der Waals surface area contributed by atoms with Gasteiger partial charge < -0.3 is 18.9 Å². The van der Waals surface area contributed by atoms with Crippen LogP contribution in [0.25, 0.3) is 11.2 Å². The lowest BCUT2D eigenvalue weighted by Crippen LogP contribution is -2.30. The first-order chi connectivity index (χ1) is 14.5. The van der Waals surface area contributed by atoms with Gasteiger partial charge in [-0.05, 0) is 34.6 Å². The van der Waals surface area contributed by atoms with Crippen LogP contribution in [0.2, 0.25) is 0 Å². The van der Waals surface area contributed by atoms with E-state index < -0.39 is 29.8 Å². The van der Waals surface area contributed by atoms with Crippen molar-refractivity contribution in [2.45, 2.75) is 70.5 Å². The van der Waals surface area contributed by atoms with Crippen molar-refractivity contribution in [1.29, 1.82) is 5.26 Å². The molecular weight excluding hydrogens is 424 g/mol. The highest BCUT2D eigenvalue weighted by atomic mass is 32.1. The molecule has 0 saturated carbocycles. The maximum atomic E-state index is 12.3. The third kappa shape index (κ3) is 4.18. The Balaban J connectivity index is 1.72. The van der Waals surface area contributed by atoms with Crippen molar-refractivity contribution in [3.63, 3.8) is 0 Å². The monoisotopic (exact) mass is 448 g/mol. The summed E-state index contributed by atoms with van der Waals surface area (Å²) in [6, 6.07) is 1.90. The number of ether oxygens (including phenoxy) is 4. The first-order valence-corrected chi connectivity index (χ1v) is 10.4. The summed E-state index contributed by atoms with van der Waals surface area (Å²) in [5.74, 6) is -0.401. The SMILES string of the molecule is CC(C)(C)OC(=O)Nc1nc(C#N)nc2c1ncn2[C@@H]1O[C@H](CS)[C@H]2OC(C)(C)O[C@H]21. The maximum absolute atomic E-state index is 12.3. The van der Waals surface area contributed by atoms with Gasteiger partial charge in [0.1, 0.15) is 23.9 Å². The molecule has 2 saturated heterocycles. The van der Waals surface area contributed by atoms with Crippen LogP contribution >= 0.6 is 12.6 Å². The smallest absolute Gasteiger partial charge is 0.413 e. The van der Waals surface area contributed by atoms with Crippen molar-refractivity contribution in [3.8, 4) is 6.07 Å². The highest BCUT2D eigenvalue weighted by Gasteiger charge is 2.55. The number of anilines is 1. The van der Waals surface area contributed by atoms with Gasteiger partial charge in [0.25, 0.3) is 0 Å². The van der Waals surface area contributed by atoms with Gasteiger partial charge in [0, 0.05) is 5.75 Å². The molecular formula is C19H24N6O5S. The summed E-state index contributed by atoms with van der Waals surface area (Å²) in [6.45, 7) is 8.91. The molecule has 2 aliphatic heterocycles. The van der Waals surface area contributed by atoms with Gasteiger partial charge in [-0.25, -0.2) is 9.78 Å². The standard InChI is InChI=1S/C19H24N6O5S/c1-18(2,3)30-17(26)24-14-11-15(23-10(6-20)22-14)25(8-21-11)16-13-12(9(7-31)27-16)28-19(4,5)29-13/h8-9,12-13,16,31H,7H2,1-5H3,(H,22,23,24,26)/t9-,12-,13-,16-/m1/s1. The molecule has 0 aliphatic carbocycles. The number of imidazole rings is 1. The number of nitrogens with zero attached hydrogens (tertiary/aromatic N) is 5. The van der Waals surface area contributed by atoms with E-state index in [1.54, 1.807) is 25.3 Å². The lowest BCUT2D eigenvalue weighted by atomic mass is 10.1. The quantitative estimate of drug-likeness (QED) is 0.679. The summed E-state index contributed by atoms with van der Waals surface area (Å²) < 4.78 is 25.1. The van der Waals surface area contributed by atoms with Gasteiger partial charge >= 0.3 is 6.09 Å². The van der Waals surface area contributed by atoms with Crippen LogP contribution in [0.3, 0.4) is 0 Å². The van der Waals surface area contributed by atoms with Gasteiger partial charge in [0.15, 0.2) is 29.0 Å². The number of nitriles is 1. The number of rotatable bonds is 3. The number of nitrogens with one attached hydrogen (secondary N) is 1. The molecule has 0 aromatic carbocycles. The van der Waals surface area contributed by atoms with Crippen molar-refractivity contribution >= 4 is 35.7 Å². The van der Waals surface area contributed by atoms with Crippen LogP contribution in [0, 0.1) is 11.3 Å². The number of aromatic nitrogens is 4. The third-order valence-electron chi connectivity index (χ3n) is 4.72. The average molecular weight is 449 g/mol. The average Bonchev–Trinajstić information content (AvgIpc) is 3.30. The van der Waals surface area contributed by atoms with Crippen LogP contribution in [0.5, 0.6) is 0 Å². The summed E-state index contributed by atoms with van der Waals surface area (Å²) in [4.78, 5) is 25.0. The predicted molar refractivity (Wildman–Crippen MR) is 111 cm³/mol. The molecule has 1 amide bonds. The van der Waals surface area contributed by atoms with Gasteiger partial charge in [-0.15, -0.1) is 0 Å². The van der Waals surface area contributed by atoms with Crippen molar-refractivity contribution in [2.24, 2.45) is 0 Å². The molecule has 0 radical (unpaired) electrons. The Kier molecular flexibility index (Phi) is 5.33. The number of amides is 1. The second kappa shape index (κ2) is 7.59. The molecule has 2 fully saturated rings. The Bertz CT molecular complexity index is 1060. The van der Waals surface area contributed by atoms with E-state index >= 15 is 0 Å². The van der Waals surface area contributed by atoms with E-state index in [1.165, 1.54) is 6.33 Å². The fourth-order valence-corrected chi connectivity index (χ4v) is 3.96. The molecule has 0 bridgehead atoms. The van der Waals surface area contributed by atoms with E-state index in [0.717, 1.165) is 0 Å². The van der Waals surface area contributed by atoms with Crippen LogP contribution in [-0.2, 0) is 18.9 Å². The van der Waals surface area contributed by atoms with Crippen LogP contribution in [0.1, 0.15) is 46.7 Å². The highest BCUT2D eigenvalue weighted by Crippen LogP contribution is 2.44. The van der Waals surface area contributed by atoms with Gasteiger partial charge in [-0.2, -0.15) is 27.9 Å². The highest BCUT2D eigenvalue weighted by molar-refractivity contribution is 7.80. The Hall–Kier alpha value is -2.46. The second-order valence-electron chi connectivity index (χ2n) is 8.77.